The van der Waals surface area contributed by atoms with Gasteiger partial charge >= 0.3 is 0 Å². The number of thiophene rings is 1. The first-order chi connectivity index (χ1) is 10.1. The third-order valence-electron chi connectivity index (χ3n) is 4.16. The van der Waals surface area contributed by atoms with Crippen LogP contribution in [-0.2, 0) is 0 Å². The number of piperazine rings is 1. The van der Waals surface area contributed by atoms with E-state index in [1.807, 2.05) is 17.0 Å². The number of carbonyl (C=O) groups is 1. The molecular formula is C15H20N4OS. The highest BCUT2D eigenvalue weighted by molar-refractivity contribution is 7.21. The van der Waals surface area contributed by atoms with E-state index in [0.717, 1.165) is 36.4 Å². The minimum Gasteiger partial charge on any atom is -0.397 e. The molecule has 0 aliphatic carbocycles. The number of amides is 1. The summed E-state index contributed by atoms with van der Waals surface area (Å²) >= 11 is 1.39. The fourth-order valence-electron chi connectivity index (χ4n) is 2.90. The summed E-state index contributed by atoms with van der Waals surface area (Å²) in [4.78, 5) is 22.8. The number of hydrogen-bond donors (Lipinski definition) is 1. The van der Waals surface area contributed by atoms with Gasteiger partial charge in [-0.05, 0) is 25.6 Å². The monoisotopic (exact) mass is 304 g/mol. The Morgan fingerprint density at radius 3 is 3.00 bits per heavy atom. The van der Waals surface area contributed by atoms with Crippen LogP contribution < -0.4 is 5.73 Å². The zero-order valence-electron chi connectivity index (χ0n) is 12.4. The molecule has 1 atom stereocenters. The Hall–Kier alpha value is -1.66. The van der Waals surface area contributed by atoms with Crippen LogP contribution >= 0.6 is 11.3 Å². The largest absolute Gasteiger partial charge is 0.397 e. The van der Waals surface area contributed by atoms with Gasteiger partial charge < -0.3 is 10.6 Å². The number of hydrogen-bond acceptors (Lipinski definition) is 5. The molecular weight excluding hydrogens is 284 g/mol. The molecule has 1 unspecified atom stereocenters. The lowest BCUT2D eigenvalue weighted by Crippen LogP contribution is -2.53. The van der Waals surface area contributed by atoms with Gasteiger partial charge in [-0.25, -0.2) is 4.98 Å². The third kappa shape index (κ3) is 2.49. The molecule has 2 aromatic rings. The standard InChI is InChI=1S/C15H20N4OS/c1-3-18-7-8-19(9-10(18)2)15(20)13-12(16)11-5-4-6-17-14(11)21-13/h4-6,10H,3,7-9,16H2,1-2H3. The van der Waals surface area contributed by atoms with Crippen molar-refractivity contribution in [1.29, 1.82) is 0 Å². The van der Waals surface area contributed by atoms with Crippen molar-refractivity contribution in [2.24, 2.45) is 0 Å². The van der Waals surface area contributed by atoms with Crippen molar-refractivity contribution < 1.29 is 4.79 Å². The zero-order chi connectivity index (χ0) is 15.0. The highest BCUT2D eigenvalue weighted by Gasteiger charge is 2.28. The summed E-state index contributed by atoms with van der Waals surface area (Å²) in [5, 5.41) is 0.881. The van der Waals surface area contributed by atoms with Gasteiger partial charge in [0.15, 0.2) is 0 Å². The maximum Gasteiger partial charge on any atom is 0.266 e. The Labute approximate surface area is 128 Å². The molecule has 3 rings (SSSR count). The number of likely N-dealkylation sites (N-methyl/N-ethyl adjacent to an activating group) is 1. The summed E-state index contributed by atoms with van der Waals surface area (Å²) in [5.74, 6) is 0.0399. The lowest BCUT2D eigenvalue weighted by molar-refractivity contribution is 0.0533. The number of nitrogens with zero attached hydrogens (tertiary/aromatic N) is 3. The first-order valence-corrected chi connectivity index (χ1v) is 8.09. The van der Waals surface area contributed by atoms with Gasteiger partial charge in [-0.15, -0.1) is 11.3 Å². The SMILES string of the molecule is CCN1CCN(C(=O)c2sc3ncccc3c2N)CC1C. The van der Waals surface area contributed by atoms with Gasteiger partial charge in [0, 0.05) is 37.3 Å². The van der Waals surface area contributed by atoms with Crippen molar-refractivity contribution in [2.75, 3.05) is 31.9 Å². The van der Waals surface area contributed by atoms with Crippen molar-refractivity contribution >= 4 is 33.1 Å². The van der Waals surface area contributed by atoms with Crippen LogP contribution in [0, 0.1) is 0 Å². The minimum atomic E-state index is 0.0399. The van der Waals surface area contributed by atoms with E-state index in [0.29, 0.717) is 16.6 Å². The summed E-state index contributed by atoms with van der Waals surface area (Å²) in [6.45, 7) is 7.79. The molecule has 1 aliphatic heterocycles. The normalized spacial score (nSPS) is 20.1. The van der Waals surface area contributed by atoms with Crippen molar-refractivity contribution in [3.05, 3.63) is 23.2 Å². The van der Waals surface area contributed by atoms with E-state index in [2.05, 4.69) is 23.7 Å². The number of nitrogens with two attached hydrogens (primary N) is 1. The third-order valence-corrected chi connectivity index (χ3v) is 5.27. The van der Waals surface area contributed by atoms with Crippen molar-refractivity contribution in [2.45, 2.75) is 19.9 Å². The van der Waals surface area contributed by atoms with E-state index in [4.69, 9.17) is 5.73 Å². The van der Waals surface area contributed by atoms with Crippen LogP contribution in [0.3, 0.4) is 0 Å². The second kappa shape index (κ2) is 5.61. The van der Waals surface area contributed by atoms with Gasteiger partial charge in [-0.1, -0.05) is 6.92 Å². The molecule has 21 heavy (non-hydrogen) atoms. The summed E-state index contributed by atoms with van der Waals surface area (Å²) in [6.07, 6.45) is 1.73. The van der Waals surface area contributed by atoms with Crippen LogP contribution in [0.2, 0.25) is 0 Å². The summed E-state index contributed by atoms with van der Waals surface area (Å²) in [5.41, 5.74) is 6.72. The second-order valence-corrected chi connectivity index (χ2v) is 6.43. The Morgan fingerprint density at radius 1 is 1.52 bits per heavy atom. The molecule has 1 amide bonds. The average Bonchev–Trinajstić information content (AvgIpc) is 2.84. The molecule has 1 aliphatic rings. The van der Waals surface area contributed by atoms with E-state index in [1.54, 1.807) is 6.20 Å². The molecule has 2 N–H and O–H groups in total. The fraction of sp³-hybridized carbons (Fsp3) is 0.467. The molecule has 2 aromatic heterocycles. The molecule has 0 aromatic carbocycles. The van der Waals surface area contributed by atoms with E-state index in [-0.39, 0.29) is 5.91 Å². The second-order valence-electron chi connectivity index (χ2n) is 5.43. The topological polar surface area (TPSA) is 62.5 Å². The average molecular weight is 304 g/mol. The Morgan fingerprint density at radius 2 is 2.33 bits per heavy atom. The highest BCUT2D eigenvalue weighted by Crippen LogP contribution is 2.33. The van der Waals surface area contributed by atoms with Crippen LogP contribution in [0.25, 0.3) is 10.2 Å². The smallest absolute Gasteiger partial charge is 0.266 e. The number of fused-ring (bicyclic) bond motifs is 1. The molecule has 112 valence electrons. The van der Waals surface area contributed by atoms with Gasteiger partial charge in [0.25, 0.3) is 5.91 Å². The number of anilines is 1. The number of rotatable bonds is 2. The molecule has 0 bridgehead atoms. The first kappa shape index (κ1) is 14.3. The van der Waals surface area contributed by atoms with Crippen LogP contribution in [0.15, 0.2) is 18.3 Å². The van der Waals surface area contributed by atoms with E-state index < -0.39 is 0 Å². The molecule has 5 nitrogen and oxygen atoms in total. The Kier molecular flexibility index (Phi) is 3.82. The zero-order valence-corrected chi connectivity index (χ0v) is 13.2. The molecule has 0 radical (unpaired) electrons. The fourth-order valence-corrected chi connectivity index (χ4v) is 3.93. The van der Waals surface area contributed by atoms with Crippen molar-refractivity contribution in [3.63, 3.8) is 0 Å². The highest BCUT2D eigenvalue weighted by atomic mass is 32.1. The van der Waals surface area contributed by atoms with Crippen molar-refractivity contribution in [3.8, 4) is 0 Å². The summed E-state index contributed by atoms with van der Waals surface area (Å²) in [7, 11) is 0. The van der Waals surface area contributed by atoms with Gasteiger partial charge in [-0.3, -0.25) is 9.69 Å². The quantitative estimate of drug-likeness (QED) is 0.922. The maximum atomic E-state index is 12.7. The molecule has 1 saturated heterocycles. The number of nitrogen functional groups attached to an aromatic ring is 1. The van der Waals surface area contributed by atoms with E-state index in [1.165, 1.54) is 11.3 Å². The molecule has 3 heterocycles. The van der Waals surface area contributed by atoms with Gasteiger partial charge in [-0.2, -0.15) is 0 Å². The molecule has 0 saturated carbocycles. The Balaban J connectivity index is 1.86. The minimum absolute atomic E-state index is 0.0399. The van der Waals surface area contributed by atoms with Gasteiger partial charge in [0.05, 0.1) is 5.69 Å². The van der Waals surface area contributed by atoms with Crippen LogP contribution in [0.4, 0.5) is 5.69 Å². The van der Waals surface area contributed by atoms with Crippen molar-refractivity contribution in [1.82, 2.24) is 14.8 Å². The van der Waals surface area contributed by atoms with Gasteiger partial charge in [0.1, 0.15) is 9.71 Å². The first-order valence-electron chi connectivity index (χ1n) is 7.28. The number of pyridine rings is 1. The molecule has 1 fully saturated rings. The predicted octanol–water partition coefficient (Wildman–Crippen LogP) is 2.04. The summed E-state index contributed by atoms with van der Waals surface area (Å²) in [6, 6.07) is 4.16. The lowest BCUT2D eigenvalue weighted by atomic mass is 10.1. The van der Waals surface area contributed by atoms with E-state index >= 15 is 0 Å². The lowest BCUT2D eigenvalue weighted by Gasteiger charge is -2.39. The van der Waals surface area contributed by atoms with E-state index in [9.17, 15) is 4.79 Å². The van der Waals surface area contributed by atoms with Crippen LogP contribution in [0.5, 0.6) is 0 Å². The predicted molar refractivity (Wildman–Crippen MR) is 86.6 cm³/mol. The molecule has 6 heteroatoms. The Bertz CT molecular complexity index is 669. The number of carbonyl (C=O) groups excluding carboxylic acids is 1. The maximum absolute atomic E-state index is 12.7. The van der Waals surface area contributed by atoms with Crippen LogP contribution in [-0.4, -0.2) is 52.9 Å². The van der Waals surface area contributed by atoms with Crippen LogP contribution in [0.1, 0.15) is 23.5 Å². The van der Waals surface area contributed by atoms with Gasteiger partial charge in [0.2, 0.25) is 0 Å². The number of aromatic nitrogens is 1. The molecule has 0 spiro atoms. The summed E-state index contributed by atoms with van der Waals surface area (Å²) < 4.78 is 0.